The number of rotatable bonds is 2. The summed E-state index contributed by atoms with van der Waals surface area (Å²) in [6, 6.07) is 1.94. The Morgan fingerprint density at radius 2 is 2.50 bits per heavy atom. The zero-order valence-corrected chi connectivity index (χ0v) is 7.83. The molecule has 5 heteroatoms. The average Bonchev–Trinajstić information content (AvgIpc) is 2.75. The van der Waals surface area contributed by atoms with E-state index in [1.54, 1.807) is 10.9 Å². The summed E-state index contributed by atoms with van der Waals surface area (Å²) in [5.41, 5.74) is 0. The highest BCUT2D eigenvalue weighted by molar-refractivity contribution is 5.65. The molecule has 5 nitrogen and oxygen atoms in total. The molecular weight excluding hydrogens is 182 g/mol. The van der Waals surface area contributed by atoms with Gasteiger partial charge in [0.2, 0.25) is 0 Å². The molecule has 0 saturated carbocycles. The smallest absolute Gasteiger partial charge is 0.407 e. The highest BCUT2D eigenvalue weighted by Gasteiger charge is 2.28. The van der Waals surface area contributed by atoms with E-state index in [1.807, 2.05) is 12.3 Å². The van der Waals surface area contributed by atoms with E-state index in [0.29, 0.717) is 13.1 Å². The number of aromatic nitrogens is 2. The second kappa shape index (κ2) is 3.69. The van der Waals surface area contributed by atoms with Crippen LogP contribution in [0.5, 0.6) is 0 Å². The van der Waals surface area contributed by atoms with Crippen LogP contribution in [-0.4, -0.2) is 38.5 Å². The zero-order chi connectivity index (χ0) is 9.97. The minimum Gasteiger partial charge on any atom is -0.465 e. The first-order valence-corrected chi connectivity index (χ1v) is 4.74. The summed E-state index contributed by atoms with van der Waals surface area (Å²) in [4.78, 5) is 12.3. The fraction of sp³-hybridized carbons (Fsp3) is 0.556. The van der Waals surface area contributed by atoms with Gasteiger partial charge in [0.05, 0.1) is 12.6 Å². The first-order valence-electron chi connectivity index (χ1n) is 4.74. The summed E-state index contributed by atoms with van der Waals surface area (Å²) in [5, 5.41) is 13.0. The Balaban J connectivity index is 2.00. The largest absolute Gasteiger partial charge is 0.465 e. The van der Waals surface area contributed by atoms with Crippen molar-refractivity contribution in [1.82, 2.24) is 14.7 Å². The maximum Gasteiger partial charge on any atom is 0.407 e. The average molecular weight is 195 g/mol. The Morgan fingerprint density at radius 3 is 3.14 bits per heavy atom. The van der Waals surface area contributed by atoms with Crippen molar-refractivity contribution >= 4 is 6.09 Å². The molecular formula is C9H13N3O2. The zero-order valence-electron chi connectivity index (χ0n) is 7.83. The lowest BCUT2D eigenvalue weighted by Gasteiger charge is -2.21. The van der Waals surface area contributed by atoms with Crippen LogP contribution in [0.25, 0.3) is 0 Å². The van der Waals surface area contributed by atoms with E-state index in [9.17, 15) is 4.79 Å². The van der Waals surface area contributed by atoms with Crippen molar-refractivity contribution in [2.75, 3.05) is 6.54 Å². The molecule has 14 heavy (non-hydrogen) atoms. The van der Waals surface area contributed by atoms with Crippen LogP contribution >= 0.6 is 0 Å². The van der Waals surface area contributed by atoms with E-state index < -0.39 is 6.09 Å². The Kier molecular flexibility index (Phi) is 2.39. The molecule has 0 aliphatic carbocycles. The first-order chi connectivity index (χ1) is 6.77. The number of carbonyl (C=O) groups is 1. The van der Waals surface area contributed by atoms with Gasteiger partial charge in [0.25, 0.3) is 0 Å². The Hall–Kier alpha value is -1.52. The second-order valence-electron chi connectivity index (χ2n) is 3.50. The van der Waals surface area contributed by atoms with Gasteiger partial charge in [-0.1, -0.05) is 0 Å². The van der Waals surface area contributed by atoms with E-state index >= 15 is 0 Å². The van der Waals surface area contributed by atoms with Crippen molar-refractivity contribution in [2.24, 2.45) is 0 Å². The maximum absolute atomic E-state index is 10.8. The molecule has 2 heterocycles. The predicted octanol–water partition coefficient (Wildman–Crippen LogP) is 1.03. The molecule has 0 bridgehead atoms. The van der Waals surface area contributed by atoms with Crippen molar-refractivity contribution in [3.05, 3.63) is 18.5 Å². The summed E-state index contributed by atoms with van der Waals surface area (Å²) in [6.07, 6.45) is 4.64. The van der Waals surface area contributed by atoms with Gasteiger partial charge in [0.15, 0.2) is 0 Å². The monoisotopic (exact) mass is 195 g/mol. The lowest BCUT2D eigenvalue weighted by molar-refractivity contribution is 0.135. The molecule has 0 spiro atoms. The molecule has 1 saturated heterocycles. The fourth-order valence-corrected chi connectivity index (χ4v) is 1.90. The molecule has 1 atom stereocenters. The number of hydrogen-bond donors (Lipinski definition) is 1. The number of likely N-dealkylation sites (tertiary alicyclic amines) is 1. The predicted molar refractivity (Wildman–Crippen MR) is 50.0 cm³/mol. The lowest BCUT2D eigenvalue weighted by atomic mass is 10.2. The van der Waals surface area contributed by atoms with Gasteiger partial charge in [-0.2, -0.15) is 5.10 Å². The first kappa shape index (κ1) is 9.05. The molecule has 1 unspecified atom stereocenters. The third-order valence-corrected chi connectivity index (χ3v) is 2.58. The third kappa shape index (κ3) is 1.71. The van der Waals surface area contributed by atoms with Crippen LogP contribution in [0.3, 0.4) is 0 Å². The molecule has 0 aromatic carbocycles. The van der Waals surface area contributed by atoms with E-state index in [1.165, 1.54) is 4.90 Å². The molecule has 1 amide bonds. The summed E-state index contributed by atoms with van der Waals surface area (Å²) < 4.78 is 1.78. The van der Waals surface area contributed by atoms with Gasteiger partial charge in [-0.25, -0.2) is 4.79 Å². The van der Waals surface area contributed by atoms with E-state index in [2.05, 4.69) is 5.10 Å². The minimum absolute atomic E-state index is 0.0902. The van der Waals surface area contributed by atoms with Crippen molar-refractivity contribution < 1.29 is 9.90 Å². The number of carboxylic acid groups (broad SMARTS) is 1. The van der Waals surface area contributed by atoms with E-state index in [4.69, 9.17) is 5.11 Å². The summed E-state index contributed by atoms with van der Waals surface area (Å²) >= 11 is 0. The molecule has 1 aliphatic rings. The molecule has 0 radical (unpaired) electrons. The normalized spacial score (nSPS) is 21.4. The third-order valence-electron chi connectivity index (χ3n) is 2.58. The molecule has 76 valence electrons. The van der Waals surface area contributed by atoms with Crippen molar-refractivity contribution in [3.8, 4) is 0 Å². The van der Waals surface area contributed by atoms with Crippen LogP contribution in [0, 0.1) is 0 Å². The molecule has 1 N–H and O–H groups in total. The van der Waals surface area contributed by atoms with Gasteiger partial charge >= 0.3 is 6.09 Å². The molecule has 2 rings (SSSR count). The summed E-state index contributed by atoms with van der Waals surface area (Å²) in [5.74, 6) is 0. The number of hydrogen-bond acceptors (Lipinski definition) is 2. The van der Waals surface area contributed by atoms with Gasteiger partial charge in [0, 0.05) is 18.9 Å². The number of nitrogens with zero attached hydrogens (tertiary/aromatic N) is 3. The fourth-order valence-electron chi connectivity index (χ4n) is 1.90. The second-order valence-corrected chi connectivity index (χ2v) is 3.50. The minimum atomic E-state index is -0.820. The Bertz CT molecular complexity index is 310. The number of amides is 1. The SMILES string of the molecule is O=C(O)N1CCCC1Cn1cccn1. The highest BCUT2D eigenvalue weighted by atomic mass is 16.4. The Labute approximate surface area is 81.9 Å². The van der Waals surface area contributed by atoms with Gasteiger partial charge in [-0.3, -0.25) is 4.68 Å². The molecule has 1 aliphatic heterocycles. The Morgan fingerprint density at radius 1 is 1.64 bits per heavy atom. The van der Waals surface area contributed by atoms with Crippen LogP contribution in [0.15, 0.2) is 18.5 Å². The van der Waals surface area contributed by atoms with Crippen LogP contribution < -0.4 is 0 Å². The molecule has 1 aromatic heterocycles. The standard InChI is InChI=1S/C9H13N3O2/c13-9(14)12-6-1-3-8(12)7-11-5-2-4-10-11/h2,4-5,8H,1,3,6-7H2,(H,13,14). The molecule has 1 fully saturated rings. The van der Waals surface area contributed by atoms with Gasteiger partial charge in [-0.15, -0.1) is 0 Å². The van der Waals surface area contributed by atoms with Crippen LogP contribution in [0.4, 0.5) is 4.79 Å². The lowest BCUT2D eigenvalue weighted by Crippen LogP contribution is -2.37. The van der Waals surface area contributed by atoms with E-state index in [-0.39, 0.29) is 6.04 Å². The molecule has 1 aromatic rings. The highest BCUT2D eigenvalue weighted by Crippen LogP contribution is 2.18. The van der Waals surface area contributed by atoms with Gasteiger partial charge < -0.3 is 10.0 Å². The van der Waals surface area contributed by atoms with E-state index in [0.717, 1.165) is 12.8 Å². The quantitative estimate of drug-likeness (QED) is 0.766. The summed E-state index contributed by atoms with van der Waals surface area (Å²) in [6.45, 7) is 1.32. The van der Waals surface area contributed by atoms with Crippen molar-refractivity contribution in [3.63, 3.8) is 0 Å². The van der Waals surface area contributed by atoms with Gasteiger partial charge in [0.1, 0.15) is 0 Å². The summed E-state index contributed by atoms with van der Waals surface area (Å²) in [7, 11) is 0. The maximum atomic E-state index is 10.8. The van der Waals surface area contributed by atoms with Crippen LogP contribution in [-0.2, 0) is 6.54 Å². The topological polar surface area (TPSA) is 58.4 Å². The van der Waals surface area contributed by atoms with Crippen molar-refractivity contribution in [1.29, 1.82) is 0 Å². The van der Waals surface area contributed by atoms with Gasteiger partial charge in [-0.05, 0) is 18.9 Å². The van der Waals surface area contributed by atoms with Crippen LogP contribution in [0.2, 0.25) is 0 Å². The van der Waals surface area contributed by atoms with Crippen LogP contribution in [0.1, 0.15) is 12.8 Å². The van der Waals surface area contributed by atoms with Crippen molar-refractivity contribution in [2.45, 2.75) is 25.4 Å².